The van der Waals surface area contributed by atoms with E-state index in [4.69, 9.17) is 27.9 Å². The van der Waals surface area contributed by atoms with E-state index in [0.717, 1.165) is 11.1 Å². The molecule has 1 atom stereocenters. The van der Waals surface area contributed by atoms with E-state index in [2.05, 4.69) is 4.90 Å². The van der Waals surface area contributed by atoms with Crippen molar-refractivity contribution in [3.63, 3.8) is 0 Å². The third-order valence-corrected chi connectivity index (χ3v) is 6.22. The summed E-state index contributed by atoms with van der Waals surface area (Å²) in [5, 5.41) is 1.32. The second kappa shape index (κ2) is 11.9. The number of Topliss-reactive ketones (excluding diaryl/α,β-unsaturated/α-hetero) is 1. The third-order valence-electron chi connectivity index (χ3n) is 5.72. The lowest BCUT2D eigenvalue weighted by Crippen LogP contribution is -2.30. The Labute approximate surface area is 213 Å². The van der Waals surface area contributed by atoms with Crippen LogP contribution in [0.5, 0.6) is 5.75 Å². The molecule has 0 fully saturated rings. The summed E-state index contributed by atoms with van der Waals surface area (Å²) in [7, 11) is 2.00. The largest absolute Gasteiger partial charge is 0.492 e. The highest BCUT2D eigenvalue weighted by molar-refractivity contribution is 6.30. The quantitative estimate of drug-likeness (QED) is 0.277. The van der Waals surface area contributed by atoms with Gasteiger partial charge in [-0.2, -0.15) is 13.2 Å². The van der Waals surface area contributed by atoms with Crippen molar-refractivity contribution in [3.05, 3.63) is 99.5 Å². The lowest BCUT2D eigenvalue weighted by molar-refractivity contribution is -0.175. The van der Waals surface area contributed by atoms with Gasteiger partial charge >= 0.3 is 6.18 Å². The zero-order valence-electron chi connectivity index (χ0n) is 19.4. The summed E-state index contributed by atoms with van der Waals surface area (Å²) in [6, 6.07) is 22.1. The summed E-state index contributed by atoms with van der Waals surface area (Å²) in [5.41, 5.74) is 2.79. The Morgan fingerprint density at radius 1 is 0.886 bits per heavy atom. The third kappa shape index (κ3) is 7.72. The SMILES string of the molecule is CC(Cc1ccc(OCCN(C)C(c2ccc(Cl)cc2)c2ccc(Cl)cc2)cc1)C(=O)C(F)(F)F. The number of alkyl halides is 3. The maximum atomic E-state index is 12.6. The van der Waals surface area contributed by atoms with Gasteiger partial charge in [0, 0.05) is 22.5 Å². The average molecular weight is 524 g/mol. The number of ketones is 1. The molecule has 35 heavy (non-hydrogen) atoms. The zero-order valence-corrected chi connectivity index (χ0v) is 20.9. The number of carbonyl (C=O) groups is 1. The fourth-order valence-electron chi connectivity index (χ4n) is 3.88. The molecule has 0 amide bonds. The van der Waals surface area contributed by atoms with Crippen molar-refractivity contribution in [1.29, 1.82) is 0 Å². The Hall–Kier alpha value is -2.54. The maximum Gasteiger partial charge on any atom is 0.450 e. The van der Waals surface area contributed by atoms with Crippen LogP contribution in [0, 0.1) is 5.92 Å². The Balaban J connectivity index is 1.61. The molecule has 0 aliphatic rings. The van der Waals surface area contributed by atoms with Crippen LogP contribution >= 0.6 is 23.2 Å². The lowest BCUT2D eigenvalue weighted by atomic mass is 9.97. The number of ether oxygens (including phenoxy) is 1. The molecule has 0 heterocycles. The van der Waals surface area contributed by atoms with Gasteiger partial charge in [0.25, 0.3) is 0 Å². The van der Waals surface area contributed by atoms with E-state index in [1.807, 2.05) is 55.6 Å². The lowest BCUT2D eigenvalue weighted by Gasteiger charge is -2.29. The molecule has 1 unspecified atom stereocenters. The van der Waals surface area contributed by atoms with Crippen LogP contribution in [0.3, 0.4) is 0 Å². The van der Waals surface area contributed by atoms with Crippen molar-refractivity contribution < 1.29 is 22.7 Å². The highest BCUT2D eigenvalue weighted by Crippen LogP contribution is 2.30. The Kier molecular flexibility index (Phi) is 9.22. The number of halogens is 5. The normalized spacial score (nSPS) is 12.7. The van der Waals surface area contributed by atoms with Crippen LogP contribution in [-0.2, 0) is 11.2 Å². The zero-order chi connectivity index (χ0) is 25.6. The number of carbonyl (C=O) groups excluding carboxylic acids is 1. The second-order valence-electron chi connectivity index (χ2n) is 8.45. The van der Waals surface area contributed by atoms with E-state index in [1.54, 1.807) is 24.3 Å². The predicted octanol–water partition coefficient (Wildman–Crippen LogP) is 7.40. The molecule has 0 aliphatic heterocycles. The number of hydrogen-bond acceptors (Lipinski definition) is 3. The van der Waals surface area contributed by atoms with Gasteiger partial charge in [-0.15, -0.1) is 0 Å². The van der Waals surface area contributed by atoms with Crippen LogP contribution in [0.15, 0.2) is 72.8 Å². The van der Waals surface area contributed by atoms with E-state index in [9.17, 15) is 18.0 Å². The van der Waals surface area contributed by atoms with Gasteiger partial charge in [0.2, 0.25) is 5.78 Å². The minimum Gasteiger partial charge on any atom is -0.492 e. The molecule has 3 nitrogen and oxygen atoms in total. The monoisotopic (exact) mass is 523 g/mol. The van der Waals surface area contributed by atoms with Crippen molar-refractivity contribution in [2.45, 2.75) is 25.6 Å². The minimum atomic E-state index is -4.82. The first-order valence-electron chi connectivity index (χ1n) is 11.1. The second-order valence-corrected chi connectivity index (χ2v) is 9.32. The highest BCUT2D eigenvalue weighted by atomic mass is 35.5. The molecule has 8 heteroatoms. The summed E-state index contributed by atoms with van der Waals surface area (Å²) in [5.74, 6) is -2.24. The van der Waals surface area contributed by atoms with Crippen LogP contribution in [0.2, 0.25) is 10.0 Å². The Morgan fingerprint density at radius 3 is 1.83 bits per heavy atom. The predicted molar refractivity (Wildman–Crippen MR) is 133 cm³/mol. The standard InChI is InChI=1S/C27H26Cl2F3NO2/c1-18(26(34)27(30,31)32)17-19-3-13-24(14-4-19)35-16-15-33(2)25(20-5-9-22(28)10-6-20)21-7-11-23(29)12-8-21/h3-14,18,25H,15-17H2,1-2H3. The van der Waals surface area contributed by atoms with Gasteiger partial charge in [0.15, 0.2) is 0 Å². The number of rotatable bonds is 10. The summed E-state index contributed by atoms with van der Waals surface area (Å²) < 4.78 is 43.7. The first-order chi connectivity index (χ1) is 16.5. The van der Waals surface area contributed by atoms with Gasteiger partial charge in [-0.25, -0.2) is 0 Å². The topological polar surface area (TPSA) is 29.5 Å². The summed E-state index contributed by atoms with van der Waals surface area (Å²) in [4.78, 5) is 13.5. The van der Waals surface area contributed by atoms with Gasteiger partial charge < -0.3 is 4.74 Å². The maximum absolute atomic E-state index is 12.6. The molecular weight excluding hydrogens is 498 g/mol. The van der Waals surface area contributed by atoms with Gasteiger partial charge in [-0.05, 0) is 66.6 Å². The van der Waals surface area contributed by atoms with E-state index in [0.29, 0.717) is 34.5 Å². The molecule has 0 aromatic heterocycles. The molecule has 0 radical (unpaired) electrons. The average Bonchev–Trinajstić information content (AvgIpc) is 2.81. The Bertz CT molecular complexity index is 1060. The van der Waals surface area contributed by atoms with E-state index >= 15 is 0 Å². The molecule has 0 saturated carbocycles. The van der Waals surface area contributed by atoms with Crippen molar-refractivity contribution in [2.75, 3.05) is 20.2 Å². The number of benzene rings is 3. The molecular formula is C27H26Cl2F3NO2. The summed E-state index contributed by atoms with van der Waals surface area (Å²) in [6.45, 7) is 2.29. The van der Waals surface area contributed by atoms with Gasteiger partial charge in [0.05, 0.1) is 6.04 Å². The van der Waals surface area contributed by atoms with Crippen LogP contribution in [-0.4, -0.2) is 37.1 Å². The molecule has 0 bridgehead atoms. The number of hydrogen-bond donors (Lipinski definition) is 0. The first kappa shape index (κ1) is 27.1. The van der Waals surface area contributed by atoms with Gasteiger partial charge in [-0.3, -0.25) is 9.69 Å². The molecule has 0 aliphatic carbocycles. The minimum absolute atomic E-state index is 0.0191. The number of nitrogens with zero attached hydrogens (tertiary/aromatic N) is 1. The molecule has 0 N–H and O–H groups in total. The summed E-state index contributed by atoms with van der Waals surface area (Å²) >= 11 is 12.1. The van der Waals surface area contributed by atoms with Crippen LogP contribution in [0.4, 0.5) is 13.2 Å². The van der Waals surface area contributed by atoms with Crippen molar-refractivity contribution in [3.8, 4) is 5.75 Å². The van der Waals surface area contributed by atoms with Gasteiger partial charge in [0.1, 0.15) is 12.4 Å². The van der Waals surface area contributed by atoms with E-state index in [1.165, 1.54) is 6.92 Å². The van der Waals surface area contributed by atoms with Crippen molar-refractivity contribution in [2.24, 2.45) is 5.92 Å². The smallest absolute Gasteiger partial charge is 0.450 e. The fourth-order valence-corrected chi connectivity index (χ4v) is 4.13. The van der Waals surface area contributed by atoms with Gasteiger partial charge in [-0.1, -0.05) is 66.5 Å². The van der Waals surface area contributed by atoms with Crippen LogP contribution in [0.1, 0.15) is 29.7 Å². The molecule has 0 saturated heterocycles. The van der Waals surface area contributed by atoms with Crippen LogP contribution in [0.25, 0.3) is 0 Å². The van der Waals surface area contributed by atoms with E-state index in [-0.39, 0.29) is 12.5 Å². The Morgan fingerprint density at radius 2 is 1.37 bits per heavy atom. The molecule has 3 aromatic carbocycles. The first-order valence-corrected chi connectivity index (χ1v) is 11.8. The molecule has 3 aromatic rings. The summed E-state index contributed by atoms with van der Waals surface area (Å²) in [6.07, 6.45) is -4.80. The molecule has 186 valence electrons. The fraction of sp³-hybridized carbons (Fsp3) is 0.296. The van der Waals surface area contributed by atoms with Crippen molar-refractivity contribution >= 4 is 29.0 Å². The van der Waals surface area contributed by atoms with Crippen LogP contribution < -0.4 is 4.74 Å². The van der Waals surface area contributed by atoms with E-state index < -0.39 is 17.9 Å². The van der Waals surface area contributed by atoms with Crippen molar-refractivity contribution in [1.82, 2.24) is 4.90 Å². The number of likely N-dealkylation sites (N-methyl/N-ethyl adjacent to an activating group) is 1. The highest BCUT2D eigenvalue weighted by Gasteiger charge is 2.41. The molecule has 0 spiro atoms. The molecule has 3 rings (SSSR count).